The zero-order chi connectivity index (χ0) is 21.3. The van der Waals surface area contributed by atoms with E-state index in [9.17, 15) is 18.0 Å². The minimum Gasteiger partial charge on any atom is -0.494 e. The van der Waals surface area contributed by atoms with Gasteiger partial charge in [-0.2, -0.15) is 13.2 Å². The average molecular weight is 409 g/mol. The molecule has 154 valence electrons. The number of rotatable bonds is 5. The second kappa shape index (κ2) is 7.70. The molecule has 2 aromatic heterocycles. The summed E-state index contributed by atoms with van der Waals surface area (Å²) in [5, 5.41) is 0.310. The highest BCUT2D eigenvalue weighted by molar-refractivity contribution is 5.97. The molecule has 0 radical (unpaired) electrons. The lowest BCUT2D eigenvalue weighted by molar-refractivity contribution is -0.140. The number of hydrogen-bond acceptors (Lipinski definition) is 7. The van der Waals surface area contributed by atoms with Crippen molar-refractivity contribution < 1.29 is 31.9 Å². The van der Waals surface area contributed by atoms with E-state index >= 15 is 0 Å². The Balaban J connectivity index is 2.23. The summed E-state index contributed by atoms with van der Waals surface area (Å²) in [5.74, 6) is -0.429. The van der Waals surface area contributed by atoms with Crippen molar-refractivity contribution in [3.63, 3.8) is 0 Å². The lowest BCUT2D eigenvalue weighted by Crippen LogP contribution is -2.13. The molecule has 0 aliphatic rings. The van der Waals surface area contributed by atoms with Gasteiger partial charge in [0.05, 0.1) is 19.8 Å². The van der Waals surface area contributed by atoms with E-state index in [1.54, 1.807) is 19.9 Å². The van der Waals surface area contributed by atoms with Crippen molar-refractivity contribution in [2.24, 2.45) is 5.73 Å². The van der Waals surface area contributed by atoms with Gasteiger partial charge in [-0.1, -0.05) is 0 Å². The van der Waals surface area contributed by atoms with Gasteiger partial charge in [0.25, 0.3) is 0 Å². The van der Waals surface area contributed by atoms with E-state index in [1.807, 2.05) is 0 Å². The highest BCUT2D eigenvalue weighted by Crippen LogP contribution is 2.37. The van der Waals surface area contributed by atoms with Crippen LogP contribution in [0, 0.1) is 0 Å². The summed E-state index contributed by atoms with van der Waals surface area (Å²) in [6.07, 6.45) is -4.61. The normalized spacial score (nSPS) is 12.8. The molecule has 2 heterocycles. The minimum absolute atomic E-state index is 0.00886. The second-order valence-corrected chi connectivity index (χ2v) is 6.15. The third-order valence-corrected chi connectivity index (χ3v) is 4.10. The lowest BCUT2D eigenvalue weighted by Gasteiger charge is -2.11. The number of hydrogen-bond donors (Lipinski definition) is 1. The Hall–Kier alpha value is -3.14. The Kier molecular flexibility index (Phi) is 5.47. The Morgan fingerprint density at radius 1 is 1.24 bits per heavy atom. The van der Waals surface area contributed by atoms with Crippen molar-refractivity contribution in [1.29, 1.82) is 0 Å². The Bertz CT molecular complexity index is 1060. The van der Waals surface area contributed by atoms with Gasteiger partial charge in [0.15, 0.2) is 11.5 Å². The van der Waals surface area contributed by atoms with E-state index in [2.05, 4.69) is 9.97 Å². The maximum absolute atomic E-state index is 13.1. The fourth-order valence-electron chi connectivity index (χ4n) is 2.80. The molecule has 0 saturated carbocycles. The van der Waals surface area contributed by atoms with Crippen molar-refractivity contribution >= 4 is 16.9 Å². The largest absolute Gasteiger partial charge is 0.494 e. The van der Waals surface area contributed by atoms with Crippen LogP contribution in [0.3, 0.4) is 0 Å². The van der Waals surface area contributed by atoms with E-state index in [0.29, 0.717) is 10.9 Å². The van der Waals surface area contributed by atoms with Crippen LogP contribution < -0.4 is 10.5 Å². The van der Waals surface area contributed by atoms with E-state index in [4.69, 9.17) is 19.6 Å². The molecule has 0 saturated heterocycles. The van der Waals surface area contributed by atoms with Crippen LogP contribution in [0.4, 0.5) is 13.2 Å². The first kappa shape index (κ1) is 20.6. The third-order valence-electron chi connectivity index (χ3n) is 4.10. The number of oxazole rings is 1. The molecule has 3 rings (SSSR count). The first-order valence-electron chi connectivity index (χ1n) is 8.66. The molecule has 0 unspecified atom stereocenters. The van der Waals surface area contributed by atoms with Crippen molar-refractivity contribution in [1.82, 2.24) is 9.97 Å². The standard InChI is InChI=1S/C19H18F3N3O4/c1-4-28-18(26)15-16(9(2)23)29-17(25-15)11-5-7-12(27-3)14-10(11)6-8-13(24-14)19(20,21)22/h5-9H,4,23H2,1-3H3/t9-/m0/s1. The van der Waals surface area contributed by atoms with Crippen molar-refractivity contribution in [2.45, 2.75) is 26.1 Å². The van der Waals surface area contributed by atoms with E-state index in [1.165, 1.54) is 19.2 Å². The fraction of sp³-hybridized carbons (Fsp3) is 0.316. The van der Waals surface area contributed by atoms with Crippen LogP contribution in [0.25, 0.3) is 22.4 Å². The Morgan fingerprint density at radius 2 is 1.97 bits per heavy atom. The van der Waals surface area contributed by atoms with Gasteiger partial charge in [-0.05, 0) is 38.1 Å². The molecule has 7 nitrogen and oxygen atoms in total. The molecule has 1 aromatic carbocycles. The Morgan fingerprint density at radius 3 is 2.55 bits per heavy atom. The molecule has 0 aliphatic carbocycles. The first-order valence-corrected chi connectivity index (χ1v) is 8.66. The summed E-state index contributed by atoms with van der Waals surface area (Å²) in [5.41, 5.74) is 5.04. The summed E-state index contributed by atoms with van der Waals surface area (Å²) in [4.78, 5) is 20.1. The zero-order valence-electron chi connectivity index (χ0n) is 15.8. The summed E-state index contributed by atoms with van der Waals surface area (Å²) < 4.78 is 55.0. The van der Waals surface area contributed by atoms with Crippen molar-refractivity contribution in [3.8, 4) is 17.2 Å². The molecule has 1 atom stereocenters. The van der Waals surface area contributed by atoms with Gasteiger partial charge in [-0.3, -0.25) is 0 Å². The molecule has 3 aromatic rings. The number of aromatic nitrogens is 2. The first-order chi connectivity index (χ1) is 13.7. The maximum atomic E-state index is 13.1. The van der Waals surface area contributed by atoms with Crippen molar-refractivity contribution in [2.75, 3.05) is 13.7 Å². The van der Waals surface area contributed by atoms with Gasteiger partial charge in [-0.25, -0.2) is 14.8 Å². The number of benzene rings is 1. The van der Waals surface area contributed by atoms with Gasteiger partial charge in [0.1, 0.15) is 17.0 Å². The highest BCUT2D eigenvalue weighted by Gasteiger charge is 2.33. The van der Waals surface area contributed by atoms with Gasteiger partial charge in [-0.15, -0.1) is 0 Å². The van der Waals surface area contributed by atoms with E-state index < -0.39 is 23.9 Å². The second-order valence-electron chi connectivity index (χ2n) is 6.15. The zero-order valence-corrected chi connectivity index (χ0v) is 15.8. The number of halogens is 3. The smallest absolute Gasteiger partial charge is 0.433 e. The topological polar surface area (TPSA) is 100 Å². The summed E-state index contributed by atoms with van der Waals surface area (Å²) in [6, 6.07) is 4.46. The number of pyridine rings is 1. The molecule has 0 spiro atoms. The molecule has 0 bridgehead atoms. The number of methoxy groups -OCH3 is 1. The van der Waals surface area contributed by atoms with Gasteiger partial charge >= 0.3 is 12.1 Å². The fourth-order valence-corrected chi connectivity index (χ4v) is 2.80. The summed E-state index contributed by atoms with van der Waals surface area (Å²) >= 11 is 0. The molecular weight excluding hydrogens is 391 g/mol. The van der Waals surface area contributed by atoms with Crippen LogP contribution in [-0.4, -0.2) is 29.7 Å². The van der Waals surface area contributed by atoms with Crippen LogP contribution >= 0.6 is 0 Å². The third kappa shape index (κ3) is 3.88. The number of nitrogens with two attached hydrogens (primary N) is 1. The quantitative estimate of drug-likeness (QED) is 0.633. The highest BCUT2D eigenvalue weighted by atomic mass is 19.4. The van der Waals surface area contributed by atoms with Crippen LogP contribution in [0.15, 0.2) is 28.7 Å². The molecule has 10 heteroatoms. The predicted octanol–water partition coefficient (Wildman–Crippen LogP) is 4.11. The monoisotopic (exact) mass is 409 g/mol. The predicted molar refractivity (Wildman–Crippen MR) is 97.4 cm³/mol. The van der Waals surface area contributed by atoms with Gasteiger partial charge in [0.2, 0.25) is 5.89 Å². The summed E-state index contributed by atoms with van der Waals surface area (Å²) in [6.45, 7) is 3.39. The van der Waals surface area contributed by atoms with Crippen LogP contribution in [-0.2, 0) is 10.9 Å². The number of esters is 1. The molecule has 0 aliphatic heterocycles. The molecule has 0 fully saturated rings. The molecular formula is C19H18F3N3O4. The van der Waals surface area contributed by atoms with Gasteiger partial charge in [0, 0.05) is 10.9 Å². The number of ether oxygens (including phenoxy) is 2. The maximum Gasteiger partial charge on any atom is 0.433 e. The van der Waals surface area contributed by atoms with Crippen LogP contribution in [0.1, 0.15) is 41.8 Å². The molecule has 29 heavy (non-hydrogen) atoms. The SMILES string of the molecule is CCOC(=O)c1nc(-c2ccc(OC)c3nc(C(F)(F)F)ccc23)oc1[C@H](C)N. The van der Waals surface area contributed by atoms with E-state index in [-0.39, 0.29) is 35.2 Å². The Labute approximate surface area is 163 Å². The van der Waals surface area contributed by atoms with Crippen LogP contribution in [0.5, 0.6) is 5.75 Å². The lowest BCUT2D eigenvalue weighted by atomic mass is 10.1. The molecule has 0 amide bonds. The number of carbonyl (C=O) groups excluding carboxylic acids is 1. The minimum atomic E-state index is -4.61. The number of fused-ring (bicyclic) bond motifs is 1. The summed E-state index contributed by atoms with van der Waals surface area (Å²) in [7, 11) is 1.33. The van der Waals surface area contributed by atoms with E-state index in [0.717, 1.165) is 6.07 Å². The number of alkyl halides is 3. The number of carbonyl (C=O) groups is 1. The van der Waals surface area contributed by atoms with Gasteiger partial charge < -0.3 is 19.6 Å². The van der Waals surface area contributed by atoms with Crippen LogP contribution in [0.2, 0.25) is 0 Å². The number of nitrogens with zero attached hydrogens (tertiary/aromatic N) is 2. The van der Waals surface area contributed by atoms with Crippen molar-refractivity contribution in [3.05, 3.63) is 41.4 Å². The average Bonchev–Trinajstić information content (AvgIpc) is 3.11. The molecule has 2 N–H and O–H groups in total.